The van der Waals surface area contributed by atoms with E-state index in [1.807, 2.05) is 27.7 Å². The molecule has 1 aromatic heterocycles. The van der Waals surface area contributed by atoms with Crippen LogP contribution in [0.1, 0.15) is 39.1 Å². The third-order valence-corrected chi connectivity index (χ3v) is 5.54. The molecule has 0 bridgehead atoms. The quantitative estimate of drug-likeness (QED) is 0.840. The number of nitrogens with one attached hydrogen (secondary N) is 1. The van der Waals surface area contributed by atoms with Crippen LogP contribution in [0.5, 0.6) is 5.75 Å². The van der Waals surface area contributed by atoms with Gasteiger partial charge >= 0.3 is 0 Å². The minimum absolute atomic E-state index is 0.171. The minimum atomic E-state index is -3.84. The summed E-state index contributed by atoms with van der Waals surface area (Å²) in [5.41, 5.74) is 1.00. The van der Waals surface area contributed by atoms with E-state index in [0.717, 1.165) is 0 Å². The molecule has 0 unspecified atom stereocenters. The third kappa shape index (κ3) is 3.93. The minimum Gasteiger partial charge on any atom is -0.490 e. The number of para-hydroxylation sites is 1. The molecule has 138 valence electrons. The second kappa shape index (κ2) is 6.88. The second-order valence-corrected chi connectivity index (χ2v) is 8.76. The van der Waals surface area contributed by atoms with E-state index in [9.17, 15) is 8.42 Å². The first-order valence-corrected chi connectivity index (χ1v) is 9.86. The molecule has 8 heteroatoms. The zero-order chi connectivity index (χ0) is 19.0. The van der Waals surface area contributed by atoms with Gasteiger partial charge in [0.2, 0.25) is 0 Å². The third-order valence-electron chi connectivity index (χ3n) is 3.63. The SMILES string of the molecule is CCOc1c(Cl)cccc1NS(=O)(=O)c1c(C)nn(C(C)(C)C)c1C. The number of sulfonamides is 1. The average molecular weight is 386 g/mol. The van der Waals surface area contributed by atoms with E-state index in [0.29, 0.717) is 34.5 Å². The monoisotopic (exact) mass is 385 g/mol. The smallest absolute Gasteiger partial charge is 0.265 e. The van der Waals surface area contributed by atoms with Crippen LogP contribution in [-0.2, 0) is 15.6 Å². The highest BCUT2D eigenvalue weighted by atomic mass is 35.5. The molecule has 1 N–H and O–H groups in total. The summed E-state index contributed by atoms with van der Waals surface area (Å²) >= 11 is 6.13. The largest absolute Gasteiger partial charge is 0.490 e. The number of ether oxygens (including phenoxy) is 1. The predicted molar refractivity (Wildman–Crippen MR) is 100 cm³/mol. The second-order valence-electron chi connectivity index (χ2n) is 6.74. The molecule has 6 nitrogen and oxygen atoms in total. The van der Waals surface area contributed by atoms with Gasteiger partial charge < -0.3 is 4.74 Å². The van der Waals surface area contributed by atoms with Crippen molar-refractivity contribution in [2.24, 2.45) is 0 Å². The van der Waals surface area contributed by atoms with Gasteiger partial charge in [-0.2, -0.15) is 5.10 Å². The normalized spacial score (nSPS) is 12.3. The molecule has 0 saturated carbocycles. The number of aromatic nitrogens is 2. The zero-order valence-corrected chi connectivity index (χ0v) is 16.9. The molecule has 2 aromatic rings. The Bertz CT molecular complexity index is 883. The fourth-order valence-electron chi connectivity index (χ4n) is 2.75. The lowest BCUT2D eigenvalue weighted by Crippen LogP contribution is -2.25. The highest BCUT2D eigenvalue weighted by molar-refractivity contribution is 7.92. The lowest BCUT2D eigenvalue weighted by atomic mass is 10.1. The zero-order valence-electron chi connectivity index (χ0n) is 15.3. The van der Waals surface area contributed by atoms with Gasteiger partial charge in [-0.15, -0.1) is 0 Å². The van der Waals surface area contributed by atoms with Crippen LogP contribution in [0.25, 0.3) is 0 Å². The van der Waals surface area contributed by atoms with Crippen LogP contribution in [-0.4, -0.2) is 24.8 Å². The van der Waals surface area contributed by atoms with Crippen LogP contribution < -0.4 is 9.46 Å². The lowest BCUT2D eigenvalue weighted by molar-refractivity contribution is 0.342. The molecule has 0 atom stereocenters. The molecule has 0 aliphatic rings. The summed E-state index contributed by atoms with van der Waals surface area (Å²) in [7, 11) is -3.84. The maximum absolute atomic E-state index is 13.0. The van der Waals surface area contributed by atoms with Gasteiger partial charge in [0.25, 0.3) is 10.0 Å². The van der Waals surface area contributed by atoms with Gasteiger partial charge in [-0.3, -0.25) is 9.40 Å². The summed E-state index contributed by atoms with van der Waals surface area (Å²) in [5, 5.41) is 4.75. The number of rotatable bonds is 5. The standard InChI is InChI=1S/C17H24ClN3O3S/c1-7-24-15-13(18)9-8-10-14(15)20-25(22,23)16-11(2)19-21(12(16)3)17(4,5)6/h8-10,20H,7H2,1-6H3. The van der Waals surface area contributed by atoms with Gasteiger partial charge in [0.15, 0.2) is 5.75 Å². The molecule has 2 rings (SSSR count). The molecule has 1 aromatic carbocycles. The first-order chi connectivity index (χ1) is 11.5. The van der Waals surface area contributed by atoms with Crippen molar-refractivity contribution in [2.75, 3.05) is 11.3 Å². The van der Waals surface area contributed by atoms with Crippen LogP contribution >= 0.6 is 11.6 Å². The Morgan fingerprint density at radius 3 is 2.44 bits per heavy atom. The Morgan fingerprint density at radius 2 is 1.92 bits per heavy atom. The highest BCUT2D eigenvalue weighted by Gasteiger charge is 2.29. The molecule has 0 aliphatic carbocycles. The number of aryl methyl sites for hydroxylation is 1. The molecule has 0 amide bonds. The first-order valence-electron chi connectivity index (χ1n) is 8.00. The number of hydrogen-bond acceptors (Lipinski definition) is 4. The maximum Gasteiger partial charge on any atom is 0.265 e. The van der Waals surface area contributed by atoms with Crippen LogP contribution in [0, 0.1) is 13.8 Å². The summed E-state index contributed by atoms with van der Waals surface area (Å²) < 4.78 is 35.8. The number of hydrogen-bond donors (Lipinski definition) is 1. The van der Waals surface area contributed by atoms with Crippen molar-refractivity contribution in [2.45, 2.75) is 52.0 Å². The van der Waals surface area contributed by atoms with Crippen LogP contribution in [0.15, 0.2) is 23.1 Å². The van der Waals surface area contributed by atoms with Crippen molar-refractivity contribution in [3.63, 3.8) is 0 Å². The van der Waals surface area contributed by atoms with Crippen molar-refractivity contribution in [1.82, 2.24) is 9.78 Å². The summed E-state index contributed by atoms with van der Waals surface area (Å²) in [6, 6.07) is 4.94. The van der Waals surface area contributed by atoms with Crippen molar-refractivity contribution < 1.29 is 13.2 Å². The van der Waals surface area contributed by atoms with Gasteiger partial charge in [0, 0.05) is 0 Å². The Hall–Kier alpha value is -1.73. The first kappa shape index (κ1) is 19.6. The van der Waals surface area contributed by atoms with Gasteiger partial charge in [-0.1, -0.05) is 17.7 Å². The van der Waals surface area contributed by atoms with Crippen molar-refractivity contribution in [3.05, 3.63) is 34.6 Å². The van der Waals surface area contributed by atoms with E-state index in [1.54, 1.807) is 36.7 Å². The molecule has 1 heterocycles. The molecule has 0 aliphatic heterocycles. The summed E-state index contributed by atoms with van der Waals surface area (Å²) in [6.07, 6.45) is 0. The van der Waals surface area contributed by atoms with E-state index in [2.05, 4.69) is 9.82 Å². The molecular formula is C17H24ClN3O3S. The molecule has 0 saturated heterocycles. The van der Waals surface area contributed by atoms with Gasteiger partial charge in [-0.05, 0) is 53.7 Å². The van der Waals surface area contributed by atoms with Gasteiger partial charge in [0.1, 0.15) is 4.90 Å². The number of nitrogens with zero attached hydrogens (tertiary/aromatic N) is 2. The highest BCUT2D eigenvalue weighted by Crippen LogP contribution is 2.35. The van der Waals surface area contributed by atoms with Crippen LogP contribution in [0.2, 0.25) is 5.02 Å². The van der Waals surface area contributed by atoms with Gasteiger partial charge in [0.05, 0.1) is 34.2 Å². The van der Waals surface area contributed by atoms with E-state index >= 15 is 0 Å². The Balaban J connectivity index is 2.52. The summed E-state index contributed by atoms with van der Waals surface area (Å²) in [4.78, 5) is 0.171. The predicted octanol–water partition coefficient (Wildman–Crippen LogP) is 4.11. The molecule has 0 fully saturated rings. The van der Waals surface area contributed by atoms with Crippen molar-refractivity contribution in [1.29, 1.82) is 0 Å². The van der Waals surface area contributed by atoms with Crippen molar-refractivity contribution >= 4 is 27.3 Å². The van der Waals surface area contributed by atoms with Crippen molar-refractivity contribution in [3.8, 4) is 5.75 Å². The van der Waals surface area contributed by atoms with E-state index in [1.165, 1.54) is 0 Å². The molecular weight excluding hydrogens is 362 g/mol. The van der Waals surface area contributed by atoms with E-state index < -0.39 is 10.0 Å². The molecule has 0 radical (unpaired) electrons. The number of halogens is 1. The van der Waals surface area contributed by atoms with E-state index in [-0.39, 0.29) is 10.4 Å². The van der Waals surface area contributed by atoms with Crippen LogP contribution in [0.4, 0.5) is 5.69 Å². The number of anilines is 1. The maximum atomic E-state index is 13.0. The Labute approximate surface area is 154 Å². The topological polar surface area (TPSA) is 73.2 Å². The fraction of sp³-hybridized carbons (Fsp3) is 0.471. The fourth-order valence-corrected chi connectivity index (χ4v) is 4.43. The Morgan fingerprint density at radius 1 is 1.28 bits per heavy atom. The lowest BCUT2D eigenvalue weighted by Gasteiger charge is -2.21. The summed E-state index contributed by atoms with van der Waals surface area (Å²) in [6.45, 7) is 11.5. The van der Waals surface area contributed by atoms with E-state index in [4.69, 9.17) is 16.3 Å². The Kier molecular flexibility index (Phi) is 5.39. The molecule has 25 heavy (non-hydrogen) atoms. The number of benzene rings is 1. The summed E-state index contributed by atoms with van der Waals surface area (Å²) in [5.74, 6) is 0.314. The molecule has 0 spiro atoms. The van der Waals surface area contributed by atoms with Crippen LogP contribution in [0.3, 0.4) is 0 Å². The average Bonchev–Trinajstić information content (AvgIpc) is 2.78. The van der Waals surface area contributed by atoms with Gasteiger partial charge in [-0.25, -0.2) is 8.42 Å².